The Hall–Kier alpha value is -1.23. The number of nitrogens with zero attached hydrogens (tertiary/aromatic N) is 1. The number of aliphatic hydroxyl groups is 1. The van der Waals surface area contributed by atoms with Gasteiger partial charge in [-0.15, -0.1) is 6.58 Å². The molecule has 138 valence electrons. The molecule has 3 rings (SSSR count). The van der Waals surface area contributed by atoms with Crippen molar-refractivity contribution >= 4 is 0 Å². The van der Waals surface area contributed by atoms with Gasteiger partial charge in [-0.3, -0.25) is 4.90 Å². The molecule has 4 heteroatoms. The first kappa shape index (κ1) is 18.6. The molecule has 3 nitrogen and oxygen atoms in total. The molecule has 0 aromatic heterocycles. The highest BCUT2D eigenvalue weighted by Gasteiger charge is 2.32. The Morgan fingerprint density at radius 1 is 1.20 bits per heavy atom. The van der Waals surface area contributed by atoms with E-state index in [1.807, 2.05) is 18.2 Å². The minimum atomic E-state index is -0.162. The summed E-state index contributed by atoms with van der Waals surface area (Å²) in [7, 11) is 0. The Kier molecular flexibility index (Phi) is 6.63. The normalized spacial score (nSPS) is 27.1. The van der Waals surface area contributed by atoms with Gasteiger partial charge in [0, 0.05) is 36.8 Å². The van der Waals surface area contributed by atoms with Crippen LogP contribution < -0.4 is 5.32 Å². The van der Waals surface area contributed by atoms with E-state index in [0.29, 0.717) is 12.1 Å². The van der Waals surface area contributed by atoms with Crippen molar-refractivity contribution in [1.82, 2.24) is 10.2 Å². The molecule has 1 saturated heterocycles. The van der Waals surface area contributed by atoms with Crippen LogP contribution in [0, 0.1) is 5.82 Å². The molecule has 1 saturated carbocycles. The van der Waals surface area contributed by atoms with Crippen molar-refractivity contribution in [3.8, 4) is 0 Å². The van der Waals surface area contributed by atoms with Gasteiger partial charge in [0.05, 0.1) is 6.10 Å². The number of rotatable bonds is 6. The minimum Gasteiger partial charge on any atom is -0.391 e. The summed E-state index contributed by atoms with van der Waals surface area (Å²) in [4.78, 5) is 2.47. The minimum absolute atomic E-state index is 0.0180. The Bertz CT molecular complexity index is 557. The first-order valence-corrected chi connectivity index (χ1v) is 9.72. The van der Waals surface area contributed by atoms with Crippen molar-refractivity contribution < 1.29 is 9.50 Å². The summed E-state index contributed by atoms with van der Waals surface area (Å²) in [6.07, 6.45) is 8.96. The number of likely N-dealkylation sites (tertiary alicyclic amines) is 1. The van der Waals surface area contributed by atoms with Crippen LogP contribution in [0.4, 0.5) is 4.39 Å². The first-order valence-electron chi connectivity index (χ1n) is 9.72. The lowest BCUT2D eigenvalue weighted by atomic mass is 9.89. The van der Waals surface area contributed by atoms with E-state index in [-0.39, 0.29) is 18.0 Å². The van der Waals surface area contributed by atoms with Crippen LogP contribution in [0.15, 0.2) is 36.9 Å². The maximum atomic E-state index is 14.2. The molecule has 0 bridgehead atoms. The zero-order valence-corrected chi connectivity index (χ0v) is 15.0. The fourth-order valence-corrected chi connectivity index (χ4v) is 4.41. The van der Waals surface area contributed by atoms with Crippen molar-refractivity contribution in [2.75, 3.05) is 13.1 Å². The number of benzene rings is 1. The van der Waals surface area contributed by atoms with Crippen molar-refractivity contribution in [2.24, 2.45) is 0 Å². The summed E-state index contributed by atoms with van der Waals surface area (Å²) >= 11 is 0. The second kappa shape index (κ2) is 8.93. The fraction of sp³-hybridized carbons (Fsp3) is 0.619. The first-order chi connectivity index (χ1) is 12.2. The molecule has 2 N–H and O–H groups in total. The molecule has 2 aliphatic rings. The van der Waals surface area contributed by atoms with Gasteiger partial charge >= 0.3 is 0 Å². The third kappa shape index (κ3) is 4.69. The Morgan fingerprint density at radius 2 is 1.92 bits per heavy atom. The zero-order valence-electron chi connectivity index (χ0n) is 15.0. The van der Waals surface area contributed by atoms with Gasteiger partial charge in [-0.2, -0.15) is 0 Å². The molecule has 2 fully saturated rings. The predicted molar refractivity (Wildman–Crippen MR) is 99.9 cm³/mol. The Morgan fingerprint density at radius 3 is 2.60 bits per heavy atom. The SMILES string of the molecule is C=CCC(NC1CCN(C2CCCCC2O)CC1)c1ccccc1F. The molecule has 0 amide bonds. The average Bonchev–Trinajstić information content (AvgIpc) is 2.63. The molecule has 1 heterocycles. The molecular formula is C21H31FN2O. The van der Waals surface area contributed by atoms with Crippen molar-refractivity contribution in [3.05, 3.63) is 48.3 Å². The average molecular weight is 346 g/mol. The van der Waals surface area contributed by atoms with E-state index < -0.39 is 0 Å². The largest absolute Gasteiger partial charge is 0.391 e. The van der Waals surface area contributed by atoms with E-state index in [1.165, 1.54) is 12.5 Å². The van der Waals surface area contributed by atoms with Crippen LogP contribution in [0.25, 0.3) is 0 Å². The highest BCUT2D eigenvalue weighted by atomic mass is 19.1. The van der Waals surface area contributed by atoms with Crippen LogP contribution in [0.2, 0.25) is 0 Å². The highest BCUT2D eigenvalue weighted by molar-refractivity contribution is 5.22. The van der Waals surface area contributed by atoms with E-state index in [0.717, 1.165) is 57.2 Å². The second-order valence-corrected chi connectivity index (χ2v) is 7.49. The molecule has 3 atom stereocenters. The molecule has 3 unspecified atom stereocenters. The monoisotopic (exact) mass is 346 g/mol. The summed E-state index contributed by atoms with van der Waals surface area (Å²) in [6.45, 7) is 5.85. The number of hydrogen-bond donors (Lipinski definition) is 2. The van der Waals surface area contributed by atoms with Crippen LogP contribution in [-0.2, 0) is 0 Å². The number of hydrogen-bond acceptors (Lipinski definition) is 3. The molecule has 1 aliphatic heterocycles. The van der Waals surface area contributed by atoms with Gasteiger partial charge in [-0.25, -0.2) is 4.39 Å². The van der Waals surface area contributed by atoms with Gasteiger partial charge in [0.25, 0.3) is 0 Å². The summed E-state index contributed by atoms with van der Waals surface area (Å²) in [5.74, 6) is -0.149. The van der Waals surface area contributed by atoms with Crippen LogP contribution in [0.1, 0.15) is 56.6 Å². The van der Waals surface area contributed by atoms with E-state index >= 15 is 0 Å². The highest BCUT2D eigenvalue weighted by Crippen LogP contribution is 2.27. The lowest BCUT2D eigenvalue weighted by molar-refractivity contribution is 0.00659. The smallest absolute Gasteiger partial charge is 0.127 e. The van der Waals surface area contributed by atoms with Gasteiger partial charge in [0.2, 0.25) is 0 Å². The van der Waals surface area contributed by atoms with Crippen molar-refractivity contribution in [1.29, 1.82) is 0 Å². The quantitative estimate of drug-likeness (QED) is 0.769. The topological polar surface area (TPSA) is 35.5 Å². The molecule has 25 heavy (non-hydrogen) atoms. The Balaban J connectivity index is 1.56. The van der Waals surface area contributed by atoms with Crippen LogP contribution in [-0.4, -0.2) is 41.3 Å². The third-order valence-electron chi connectivity index (χ3n) is 5.81. The van der Waals surface area contributed by atoms with E-state index in [2.05, 4.69) is 16.8 Å². The van der Waals surface area contributed by atoms with Crippen LogP contribution in [0.3, 0.4) is 0 Å². The number of nitrogens with one attached hydrogen (secondary N) is 1. The van der Waals surface area contributed by atoms with Gasteiger partial charge in [-0.05, 0) is 38.2 Å². The maximum absolute atomic E-state index is 14.2. The van der Waals surface area contributed by atoms with Gasteiger partial charge < -0.3 is 10.4 Å². The summed E-state index contributed by atoms with van der Waals surface area (Å²) in [5, 5.41) is 13.9. The summed E-state index contributed by atoms with van der Waals surface area (Å²) in [5.41, 5.74) is 0.729. The molecule has 1 aromatic carbocycles. The van der Waals surface area contributed by atoms with Crippen LogP contribution >= 0.6 is 0 Å². The van der Waals surface area contributed by atoms with Crippen molar-refractivity contribution in [2.45, 2.75) is 69.2 Å². The van der Waals surface area contributed by atoms with Crippen LogP contribution in [0.5, 0.6) is 0 Å². The standard InChI is InChI=1S/C21H31FN2O/c1-2-7-19(17-8-3-4-9-18(17)22)23-16-12-14-24(15-13-16)20-10-5-6-11-21(20)25/h2-4,8-9,16,19-21,23,25H,1,5-7,10-15H2. The number of aliphatic hydroxyl groups excluding tert-OH is 1. The third-order valence-corrected chi connectivity index (χ3v) is 5.81. The van der Waals surface area contributed by atoms with Gasteiger partial charge in [0.15, 0.2) is 0 Å². The lowest BCUT2D eigenvalue weighted by Crippen LogP contribution is -2.51. The summed E-state index contributed by atoms with van der Waals surface area (Å²) < 4.78 is 14.2. The second-order valence-electron chi connectivity index (χ2n) is 7.49. The van der Waals surface area contributed by atoms with E-state index in [1.54, 1.807) is 6.07 Å². The number of piperidine rings is 1. The molecule has 1 aliphatic carbocycles. The number of halogens is 1. The molecule has 0 radical (unpaired) electrons. The van der Waals surface area contributed by atoms with E-state index in [9.17, 15) is 9.50 Å². The molecular weight excluding hydrogens is 315 g/mol. The van der Waals surface area contributed by atoms with E-state index in [4.69, 9.17) is 0 Å². The fourth-order valence-electron chi connectivity index (χ4n) is 4.41. The molecule has 1 aromatic rings. The maximum Gasteiger partial charge on any atom is 0.127 e. The Labute approximate surface area is 150 Å². The lowest BCUT2D eigenvalue weighted by Gasteiger charge is -2.42. The zero-order chi connectivity index (χ0) is 17.6. The predicted octanol–water partition coefficient (Wildman–Crippen LogP) is 3.80. The van der Waals surface area contributed by atoms with Crippen molar-refractivity contribution in [3.63, 3.8) is 0 Å². The van der Waals surface area contributed by atoms with Gasteiger partial charge in [-0.1, -0.05) is 37.1 Å². The van der Waals surface area contributed by atoms with Gasteiger partial charge in [0.1, 0.15) is 5.82 Å². The molecule has 0 spiro atoms. The summed E-state index contributed by atoms with van der Waals surface area (Å²) in [6, 6.07) is 7.73.